The summed E-state index contributed by atoms with van der Waals surface area (Å²) in [6.45, 7) is 3.07. The largest absolute Gasteiger partial charge is 0.478 e. The van der Waals surface area contributed by atoms with Crippen LogP contribution in [0.15, 0.2) is 18.2 Å². The van der Waals surface area contributed by atoms with Gasteiger partial charge < -0.3 is 15.7 Å². The van der Waals surface area contributed by atoms with Gasteiger partial charge in [-0.25, -0.2) is 4.79 Å². The maximum Gasteiger partial charge on any atom is 0.335 e. The van der Waals surface area contributed by atoms with E-state index in [9.17, 15) is 4.79 Å². The van der Waals surface area contributed by atoms with Crippen molar-refractivity contribution < 1.29 is 9.90 Å². The maximum absolute atomic E-state index is 10.8. The van der Waals surface area contributed by atoms with Gasteiger partial charge in [-0.05, 0) is 36.1 Å². The Bertz CT molecular complexity index is 410. The highest BCUT2D eigenvalue weighted by atomic mass is 32.2. The Balaban J connectivity index is 2.62. The van der Waals surface area contributed by atoms with Crippen molar-refractivity contribution in [1.29, 1.82) is 0 Å². The summed E-state index contributed by atoms with van der Waals surface area (Å²) in [5.74, 6) is 1.32. The smallest absolute Gasteiger partial charge is 0.335 e. The quantitative estimate of drug-likeness (QED) is 0.587. The number of nitrogen functional groups attached to an aromatic ring is 1. The average Bonchev–Trinajstić information content (AvgIpc) is 2.34. The van der Waals surface area contributed by atoms with Crippen molar-refractivity contribution in [1.82, 2.24) is 0 Å². The molecule has 3 N–H and O–H groups in total. The van der Waals surface area contributed by atoms with Gasteiger partial charge in [-0.1, -0.05) is 6.92 Å². The van der Waals surface area contributed by atoms with Gasteiger partial charge in [0.05, 0.1) is 16.9 Å². The molecule has 1 rings (SSSR count). The zero-order valence-corrected chi connectivity index (χ0v) is 11.7. The number of thioether (sulfide) groups is 1. The number of rotatable bonds is 7. The molecule has 0 bridgehead atoms. The van der Waals surface area contributed by atoms with Crippen molar-refractivity contribution in [2.24, 2.45) is 0 Å². The number of hydrogen-bond donors (Lipinski definition) is 2. The number of carboxylic acid groups (broad SMARTS) is 1. The van der Waals surface area contributed by atoms with Crippen molar-refractivity contribution in [2.75, 3.05) is 35.7 Å². The molecule has 0 aliphatic rings. The maximum atomic E-state index is 10.8. The minimum absolute atomic E-state index is 0.228. The second-order valence-corrected chi connectivity index (χ2v) is 5.44. The Morgan fingerprint density at radius 1 is 1.50 bits per heavy atom. The minimum Gasteiger partial charge on any atom is -0.478 e. The monoisotopic (exact) mass is 268 g/mol. The summed E-state index contributed by atoms with van der Waals surface area (Å²) in [7, 11) is 1.97. The molecule has 0 saturated heterocycles. The molecule has 0 fully saturated rings. The fourth-order valence-corrected chi connectivity index (χ4v) is 2.33. The van der Waals surface area contributed by atoms with Crippen molar-refractivity contribution >= 4 is 29.1 Å². The Hall–Kier alpha value is -1.36. The van der Waals surface area contributed by atoms with E-state index in [2.05, 4.69) is 11.8 Å². The molecular formula is C13H20N2O2S. The van der Waals surface area contributed by atoms with Crippen LogP contribution in [0.2, 0.25) is 0 Å². The van der Waals surface area contributed by atoms with Crippen LogP contribution in [-0.2, 0) is 0 Å². The molecule has 0 unspecified atom stereocenters. The molecule has 0 aliphatic carbocycles. The normalized spacial score (nSPS) is 10.3. The minimum atomic E-state index is -0.949. The molecule has 0 saturated carbocycles. The molecule has 18 heavy (non-hydrogen) atoms. The van der Waals surface area contributed by atoms with E-state index >= 15 is 0 Å². The average molecular weight is 268 g/mol. The number of hydrogen-bond acceptors (Lipinski definition) is 4. The van der Waals surface area contributed by atoms with Crippen molar-refractivity contribution in [2.45, 2.75) is 13.3 Å². The van der Waals surface area contributed by atoms with Gasteiger partial charge in [-0.2, -0.15) is 11.8 Å². The summed E-state index contributed by atoms with van der Waals surface area (Å²) >= 11 is 1.92. The van der Waals surface area contributed by atoms with Crippen LogP contribution < -0.4 is 10.6 Å². The van der Waals surface area contributed by atoms with Crippen LogP contribution in [0, 0.1) is 0 Å². The lowest BCUT2D eigenvalue weighted by Crippen LogP contribution is -2.20. The molecule has 100 valence electrons. The lowest BCUT2D eigenvalue weighted by molar-refractivity contribution is 0.0697. The summed E-state index contributed by atoms with van der Waals surface area (Å²) in [5, 5.41) is 8.87. The van der Waals surface area contributed by atoms with Gasteiger partial charge in [0, 0.05) is 13.6 Å². The summed E-state index contributed by atoms with van der Waals surface area (Å²) in [5.41, 5.74) is 7.51. The fourth-order valence-electron chi connectivity index (χ4n) is 1.70. The summed E-state index contributed by atoms with van der Waals surface area (Å²) in [4.78, 5) is 12.9. The number of nitrogens with two attached hydrogens (primary N) is 1. The Kier molecular flexibility index (Phi) is 5.85. The number of anilines is 2. The fraction of sp³-hybridized carbons (Fsp3) is 0.462. The van der Waals surface area contributed by atoms with Gasteiger partial charge in [0.15, 0.2) is 0 Å². The van der Waals surface area contributed by atoms with Crippen LogP contribution in [0.3, 0.4) is 0 Å². The summed E-state index contributed by atoms with van der Waals surface area (Å²) < 4.78 is 0. The highest BCUT2D eigenvalue weighted by Crippen LogP contribution is 2.23. The molecule has 0 radical (unpaired) electrons. The predicted molar refractivity (Wildman–Crippen MR) is 78.7 cm³/mol. The first-order chi connectivity index (χ1) is 8.56. The van der Waals surface area contributed by atoms with Crippen LogP contribution in [0.25, 0.3) is 0 Å². The Labute approximate surface area is 112 Å². The number of carbonyl (C=O) groups is 1. The zero-order chi connectivity index (χ0) is 13.5. The SMILES string of the molecule is CCSCCCN(C)c1ccc(C(=O)O)cc1N. The highest BCUT2D eigenvalue weighted by molar-refractivity contribution is 7.99. The van der Waals surface area contributed by atoms with E-state index in [1.165, 1.54) is 6.07 Å². The number of carboxylic acids is 1. The van der Waals surface area contributed by atoms with Crippen LogP contribution in [0.1, 0.15) is 23.7 Å². The van der Waals surface area contributed by atoms with Crippen molar-refractivity contribution in [3.8, 4) is 0 Å². The van der Waals surface area contributed by atoms with Gasteiger partial charge in [0.1, 0.15) is 0 Å². The molecule has 5 heteroatoms. The second-order valence-electron chi connectivity index (χ2n) is 4.05. The molecule has 0 aliphatic heterocycles. The van der Waals surface area contributed by atoms with Crippen LogP contribution in [0.4, 0.5) is 11.4 Å². The van der Waals surface area contributed by atoms with E-state index in [-0.39, 0.29) is 5.56 Å². The van der Waals surface area contributed by atoms with Gasteiger partial charge in [0.2, 0.25) is 0 Å². The van der Waals surface area contributed by atoms with Crippen LogP contribution >= 0.6 is 11.8 Å². The first-order valence-corrected chi connectivity index (χ1v) is 7.13. The second kappa shape index (κ2) is 7.16. The number of benzene rings is 1. The molecule has 1 aromatic rings. The Morgan fingerprint density at radius 3 is 2.78 bits per heavy atom. The van der Waals surface area contributed by atoms with Gasteiger partial charge in [-0.15, -0.1) is 0 Å². The first-order valence-electron chi connectivity index (χ1n) is 5.98. The standard InChI is InChI=1S/C13H20N2O2S/c1-3-18-8-4-7-15(2)12-6-5-10(13(16)17)9-11(12)14/h5-6,9H,3-4,7-8,14H2,1-2H3,(H,16,17). The lowest BCUT2D eigenvalue weighted by atomic mass is 10.1. The van der Waals surface area contributed by atoms with Gasteiger partial charge in [0.25, 0.3) is 0 Å². The molecular weight excluding hydrogens is 248 g/mol. The lowest BCUT2D eigenvalue weighted by Gasteiger charge is -2.21. The van der Waals surface area contributed by atoms with E-state index < -0.39 is 5.97 Å². The van der Waals surface area contributed by atoms with E-state index in [1.807, 2.05) is 18.8 Å². The van der Waals surface area contributed by atoms with Crippen LogP contribution in [0.5, 0.6) is 0 Å². The molecule has 0 aromatic heterocycles. The summed E-state index contributed by atoms with van der Waals surface area (Å²) in [6, 6.07) is 4.87. The highest BCUT2D eigenvalue weighted by Gasteiger charge is 2.09. The topological polar surface area (TPSA) is 66.6 Å². The van der Waals surface area contributed by atoms with E-state index in [1.54, 1.807) is 12.1 Å². The number of nitrogens with zero attached hydrogens (tertiary/aromatic N) is 1. The van der Waals surface area contributed by atoms with E-state index in [4.69, 9.17) is 10.8 Å². The molecule has 1 aromatic carbocycles. The Morgan fingerprint density at radius 2 is 2.22 bits per heavy atom. The van der Waals surface area contributed by atoms with Crippen molar-refractivity contribution in [3.63, 3.8) is 0 Å². The molecule has 4 nitrogen and oxygen atoms in total. The molecule has 0 spiro atoms. The third kappa shape index (κ3) is 4.14. The third-order valence-corrected chi connectivity index (χ3v) is 3.66. The van der Waals surface area contributed by atoms with E-state index in [0.717, 1.165) is 30.2 Å². The van der Waals surface area contributed by atoms with Gasteiger partial charge >= 0.3 is 5.97 Å². The zero-order valence-electron chi connectivity index (χ0n) is 10.8. The van der Waals surface area contributed by atoms with E-state index in [0.29, 0.717) is 5.69 Å². The molecule has 0 atom stereocenters. The third-order valence-electron chi connectivity index (χ3n) is 2.67. The van der Waals surface area contributed by atoms with Crippen molar-refractivity contribution in [3.05, 3.63) is 23.8 Å². The molecule has 0 amide bonds. The first kappa shape index (κ1) is 14.7. The number of aromatic carboxylic acids is 1. The molecule has 0 heterocycles. The summed E-state index contributed by atoms with van der Waals surface area (Å²) in [6.07, 6.45) is 1.09. The van der Waals surface area contributed by atoms with Gasteiger partial charge in [-0.3, -0.25) is 0 Å². The van der Waals surface area contributed by atoms with Crippen LogP contribution in [-0.4, -0.2) is 36.2 Å². The predicted octanol–water partition coefficient (Wildman–Crippen LogP) is 2.55.